The zero-order valence-electron chi connectivity index (χ0n) is 8.78. The third kappa shape index (κ3) is 2.01. The van der Waals surface area contributed by atoms with Crippen molar-refractivity contribution in [2.75, 3.05) is 0 Å². The highest BCUT2D eigenvalue weighted by Gasteiger charge is 2.40. The quantitative estimate of drug-likeness (QED) is 0.661. The molecule has 0 heterocycles. The van der Waals surface area contributed by atoms with Gasteiger partial charge in [0.05, 0.1) is 5.56 Å². The van der Waals surface area contributed by atoms with Crippen molar-refractivity contribution in [3.05, 3.63) is 34.9 Å². The number of hydrogen-bond donors (Lipinski definition) is 0. The highest BCUT2D eigenvalue weighted by molar-refractivity contribution is 5.38. The van der Waals surface area contributed by atoms with Gasteiger partial charge in [-0.1, -0.05) is 18.6 Å². The zero-order chi connectivity index (χ0) is 11.3. The van der Waals surface area contributed by atoms with Gasteiger partial charge < -0.3 is 0 Å². The van der Waals surface area contributed by atoms with Gasteiger partial charge in [0.15, 0.2) is 0 Å². The first kappa shape index (κ1) is 10.5. The molecule has 1 aliphatic rings. The largest absolute Gasteiger partial charge is 0.416 e. The fraction of sp³-hybridized carbons (Fsp3) is 0.500. The van der Waals surface area contributed by atoms with E-state index in [2.05, 4.69) is 0 Å². The number of rotatable bonds is 1. The van der Waals surface area contributed by atoms with Gasteiger partial charge in [-0.3, -0.25) is 0 Å². The van der Waals surface area contributed by atoms with Crippen LogP contribution in [0.5, 0.6) is 0 Å². The van der Waals surface area contributed by atoms with Crippen LogP contribution in [0.3, 0.4) is 0 Å². The molecule has 0 saturated heterocycles. The number of halogens is 3. The first-order chi connectivity index (χ1) is 6.81. The van der Waals surface area contributed by atoms with Crippen molar-refractivity contribution in [3.8, 4) is 0 Å². The zero-order valence-corrected chi connectivity index (χ0v) is 8.78. The maximum absolute atomic E-state index is 12.6. The Kier molecular flexibility index (Phi) is 2.11. The lowest BCUT2D eigenvalue weighted by molar-refractivity contribution is -0.137. The van der Waals surface area contributed by atoms with Crippen LogP contribution in [0, 0.1) is 6.92 Å². The molecule has 0 atom stereocenters. The summed E-state index contributed by atoms with van der Waals surface area (Å²) in [6.45, 7) is 3.73. The molecule has 0 spiro atoms. The lowest BCUT2D eigenvalue weighted by Gasteiger charge is -2.14. The molecule has 1 aromatic rings. The van der Waals surface area contributed by atoms with Gasteiger partial charge in [0.1, 0.15) is 0 Å². The highest BCUT2D eigenvalue weighted by atomic mass is 19.4. The number of alkyl halides is 3. The van der Waals surface area contributed by atoms with Gasteiger partial charge in [0, 0.05) is 0 Å². The Morgan fingerprint density at radius 2 is 1.73 bits per heavy atom. The van der Waals surface area contributed by atoms with E-state index in [0.29, 0.717) is 5.56 Å². The fourth-order valence-electron chi connectivity index (χ4n) is 1.77. The van der Waals surface area contributed by atoms with Gasteiger partial charge >= 0.3 is 6.18 Å². The van der Waals surface area contributed by atoms with Crippen molar-refractivity contribution in [3.63, 3.8) is 0 Å². The molecule has 2 rings (SSSR count). The molecule has 82 valence electrons. The summed E-state index contributed by atoms with van der Waals surface area (Å²) in [5, 5.41) is 0. The third-order valence-electron chi connectivity index (χ3n) is 3.10. The Hall–Kier alpha value is -0.990. The van der Waals surface area contributed by atoms with E-state index < -0.39 is 11.7 Å². The number of hydrogen-bond acceptors (Lipinski definition) is 0. The summed E-state index contributed by atoms with van der Waals surface area (Å²) in [5.41, 5.74) is 0.986. The molecular weight excluding hydrogens is 201 g/mol. The van der Waals surface area contributed by atoms with Crippen LogP contribution in [0.2, 0.25) is 0 Å². The smallest absolute Gasteiger partial charge is 0.166 e. The van der Waals surface area contributed by atoms with Crippen molar-refractivity contribution in [1.82, 2.24) is 0 Å². The molecule has 0 amide bonds. The van der Waals surface area contributed by atoms with Crippen molar-refractivity contribution in [2.24, 2.45) is 0 Å². The average Bonchev–Trinajstić information content (AvgIpc) is 2.82. The summed E-state index contributed by atoms with van der Waals surface area (Å²) < 4.78 is 37.7. The van der Waals surface area contributed by atoms with Crippen LogP contribution in [0.25, 0.3) is 0 Å². The number of benzene rings is 1. The maximum atomic E-state index is 12.6. The lowest BCUT2D eigenvalue weighted by Crippen LogP contribution is -2.09. The molecule has 0 aliphatic heterocycles. The van der Waals surface area contributed by atoms with Crippen LogP contribution in [0.4, 0.5) is 13.2 Å². The van der Waals surface area contributed by atoms with Crippen molar-refractivity contribution >= 4 is 0 Å². The fourth-order valence-corrected chi connectivity index (χ4v) is 1.77. The second-order valence-corrected chi connectivity index (χ2v) is 4.65. The second-order valence-electron chi connectivity index (χ2n) is 4.65. The first-order valence-corrected chi connectivity index (χ1v) is 5.01. The minimum atomic E-state index is -4.23. The molecular formula is C12H13F3. The molecule has 15 heavy (non-hydrogen) atoms. The molecule has 0 unspecified atom stereocenters. The predicted octanol–water partition coefficient (Wildman–Crippen LogP) is 4.07. The van der Waals surface area contributed by atoms with E-state index in [0.717, 1.165) is 18.4 Å². The van der Waals surface area contributed by atoms with Crippen LogP contribution in [0.15, 0.2) is 18.2 Å². The normalized spacial score (nSPS) is 19.0. The molecule has 0 radical (unpaired) electrons. The Bertz CT molecular complexity index is 363. The van der Waals surface area contributed by atoms with Crippen LogP contribution in [0.1, 0.15) is 36.5 Å². The molecule has 1 aliphatic carbocycles. The summed E-state index contributed by atoms with van der Waals surface area (Å²) in [6.07, 6.45) is -2.24. The minimum Gasteiger partial charge on any atom is -0.166 e. The summed E-state index contributed by atoms with van der Waals surface area (Å²) in [6, 6.07) is 4.36. The van der Waals surface area contributed by atoms with Crippen molar-refractivity contribution < 1.29 is 13.2 Å². The molecule has 0 N–H and O–H groups in total. The van der Waals surface area contributed by atoms with E-state index in [1.165, 1.54) is 12.1 Å². The van der Waals surface area contributed by atoms with Crippen LogP contribution in [-0.4, -0.2) is 0 Å². The van der Waals surface area contributed by atoms with Crippen LogP contribution >= 0.6 is 0 Å². The van der Waals surface area contributed by atoms with Gasteiger partial charge in [-0.25, -0.2) is 0 Å². The highest BCUT2D eigenvalue weighted by Crippen LogP contribution is 2.48. The van der Waals surface area contributed by atoms with Gasteiger partial charge in [-0.2, -0.15) is 13.2 Å². The van der Waals surface area contributed by atoms with E-state index in [4.69, 9.17) is 0 Å². The Labute approximate surface area is 87.1 Å². The monoisotopic (exact) mass is 214 g/mol. The molecule has 1 saturated carbocycles. The lowest BCUT2D eigenvalue weighted by atomic mass is 9.94. The third-order valence-corrected chi connectivity index (χ3v) is 3.10. The molecule has 1 aromatic carbocycles. The summed E-state index contributed by atoms with van der Waals surface area (Å²) in [5.74, 6) is 0. The standard InChI is InChI=1S/C12H13F3/c1-8-5-9(11(2)3-4-11)7-10(6-8)12(13,14)15/h5-7H,3-4H2,1-2H3. The molecule has 0 nitrogen and oxygen atoms in total. The van der Waals surface area contributed by atoms with Crippen molar-refractivity contribution in [2.45, 2.75) is 38.3 Å². The van der Waals surface area contributed by atoms with Gasteiger partial charge in [0.2, 0.25) is 0 Å². The van der Waals surface area contributed by atoms with Crippen LogP contribution < -0.4 is 0 Å². The molecule has 0 aromatic heterocycles. The van der Waals surface area contributed by atoms with E-state index >= 15 is 0 Å². The topological polar surface area (TPSA) is 0 Å². The molecule has 3 heteroatoms. The Morgan fingerprint density at radius 1 is 1.13 bits per heavy atom. The van der Waals surface area contributed by atoms with E-state index in [9.17, 15) is 13.2 Å². The van der Waals surface area contributed by atoms with Gasteiger partial charge in [0.25, 0.3) is 0 Å². The van der Waals surface area contributed by atoms with Crippen LogP contribution in [-0.2, 0) is 11.6 Å². The minimum absolute atomic E-state index is 0.00792. The first-order valence-electron chi connectivity index (χ1n) is 5.01. The summed E-state index contributed by atoms with van der Waals surface area (Å²) >= 11 is 0. The Balaban J connectivity index is 2.46. The second kappa shape index (κ2) is 3.00. The van der Waals surface area contributed by atoms with Gasteiger partial charge in [-0.05, 0) is 42.9 Å². The van der Waals surface area contributed by atoms with E-state index in [1.54, 1.807) is 6.92 Å². The summed E-state index contributed by atoms with van der Waals surface area (Å²) in [4.78, 5) is 0. The van der Waals surface area contributed by atoms with E-state index in [-0.39, 0.29) is 5.41 Å². The molecule has 0 bridgehead atoms. The molecule has 1 fully saturated rings. The predicted molar refractivity (Wildman–Crippen MR) is 52.8 cm³/mol. The van der Waals surface area contributed by atoms with Crippen molar-refractivity contribution in [1.29, 1.82) is 0 Å². The SMILES string of the molecule is Cc1cc(C(F)(F)F)cc(C2(C)CC2)c1. The Morgan fingerprint density at radius 3 is 2.20 bits per heavy atom. The van der Waals surface area contributed by atoms with Gasteiger partial charge in [-0.15, -0.1) is 0 Å². The number of aryl methyl sites for hydroxylation is 1. The maximum Gasteiger partial charge on any atom is 0.416 e. The summed E-state index contributed by atoms with van der Waals surface area (Å²) in [7, 11) is 0. The average molecular weight is 214 g/mol. The van der Waals surface area contributed by atoms with E-state index in [1.807, 2.05) is 13.0 Å².